The molecule has 0 N–H and O–H groups in total. The Balaban J connectivity index is 1.46. The van der Waals surface area contributed by atoms with Gasteiger partial charge >= 0.3 is 6.18 Å². The fraction of sp³-hybridized carbons (Fsp3) is 0.238. The molecule has 0 unspecified atom stereocenters. The first-order chi connectivity index (χ1) is 15.6. The molecule has 3 aromatic rings. The van der Waals surface area contributed by atoms with Crippen LogP contribution in [0.15, 0.2) is 54.7 Å². The van der Waals surface area contributed by atoms with Crippen molar-refractivity contribution in [2.45, 2.75) is 6.18 Å². The van der Waals surface area contributed by atoms with Crippen molar-refractivity contribution < 1.29 is 27.3 Å². The molecule has 2 heterocycles. The molecule has 172 valence electrons. The van der Waals surface area contributed by atoms with Crippen molar-refractivity contribution in [1.29, 1.82) is 0 Å². The molecule has 1 aromatic heterocycles. The zero-order valence-corrected chi connectivity index (χ0v) is 17.0. The van der Waals surface area contributed by atoms with Crippen molar-refractivity contribution in [3.05, 3.63) is 81.9 Å². The Morgan fingerprint density at radius 2 is 1.76 bits per heavy atom. The van der Waals surface area contributed by atoms with E-state index in [9.17, 15) is 32.5 Å². The van der Waals surface area contributed by atoms with Gasteiger partial charge in [-0.1, -0.05) is 6.07 Å². The molecule has 1 amide bonds. The predicted molar refractivity (Wildman–Crippen MR) is 110 cm³/mol. The standard InChI is InChI=1S/C21H17F4N5O3/c22-15-2-1-3-16(13-15)29-7-6-17(26-29)20(31)28-10-8-27(9-11-28)18-5-4-14(21(23,24)25)12-19(18)30(32)33/h1-7,12-13H,8-11H2. The molecule has 1 aliphatic heterocycles. The largest absolute Gasteiger partial charge is 0.416 e. The maximum absolute atomic E-state index is 13.4. The van der Waals surface area contributed by atoms with Gasteiger partial charge in [0.1, 0.15) is 11.5 Å². The van der Waals surface area contributed by atoms with Crippen LogP contribution >= 0.6 is 0 Å². The van der Waals surface area contributed by atoms with Crippen LogP contribution in [0.25, 0.3) is 5.69 Å². The van der Waals surface area contributed by atoms with E-state index in [2.05, 4.69) is 5.10 Å². The summed E-state index contributed by atoms with van der Waals surface area (Å²) in [5.41, 5.74) is -1.07. The number of anilines is 1. The fourth-order valence-electron chi connectivity index (χ4n) is 3.63. The SMILES string of the molecule is O=C(c1ccn(-c2cccc(F)c2)n1)N1CCN(c2ccc(C(F)(F)F)cc2[N+](=O)[O-])CC1. The van der Waals surface area contributed by atoms with Gasteiger partial charge in [0.15, 0.2) is 5.69 Å². The lowest BCUT2D eigenvalue weighted by Gasteiger charge is -2.35. The third kappa shape index (κ3) is 4.64. The van der Waals surface area contributed by atoms with Gasteiger partial charge in [0.2, 0.25) is 0 Å². The van der Waals surface area contributed by atoms with E-state index in [-0.39, 0.29) is 43.5 Å². The van der Waals surface area contributed by atoms with E-state index in [4.69, 9.17) is 0 Å². The molecule has 0 bridgehead atoms. The average Bonchev–Trinajstić information content (AvgIpc) is 3.28. The summed E-state index contributed by atoms with van der Waals surface area (Å²) in [5.74, 6) is -0.809. The van der Waals surface area contributed by atoms with E-state index in [1.165, 1.54) is 40.0 Å². The van der Waals surface area contributed by atoms with Crippen LogP contribution in [0.3, 0.4) is 0 Å². The summed E-state index contributed by atoms with van der Waals surface area (Å²) in [5, 5.41) is 15.5. The van der Waals surface area contributed by atoms with Crippen molar-refractivity contribution in [2.24, 2.45) is 0 Å². The van der Waals surface area contributed by atoms with Crippen LogP contribution in [-0.2, 0) is 6.18 Å². The number of alkyl halides is 3. The van der Waals surface area contributed by atoms with Crippen LogP contribution in [0.5, 0.6) is 0 Å². The molecule has 0 spiro atoms. The molecular formula is C21H17F4N5O3. The smallest absolute Gasteiger partial charge is 0.362 e. The van der Waals surface area contributed by atoms with Crippen molar-refractivity contribution in [3.63, 3.8) is 0 Å². The van der Waals surface area contributed by atoms with Crippen LogP contribution in [0, 0.1) is 15.9 Å². The molecule has 1 aliphatic rings. The van der Waals surface area contributed by atoms with E-state index >= 15 is 0 Å². The fourth-order valence-corrected chi connectivity index (χ4v) is 3.63. The van der Waals surface area contributed by atoms with E-state index in [1.807, 2.05) is 0 Å². The molecular weight excluding hydrogens is 446 g/mol. The predicted octanol–water partition coefficient (Wildman–Crippen LogP) is 3.90. The number of benzene rings is 2. The highest BCUT2D eigenvalue weighted by Gasteiger charge is 2.34. The quantitative estimate of drug-likeness (QED) is 0.333. The summed E-state index contributed by atoms with van der Waals surface area (Å²) < 4.78 is 53.6. The van der Waals surface area contributed by atoms with E-state index < -0.39 is 28.2 Å². The average molecular weight is 463 g/mol. The van der Waals surface area contributed by atoms with Gasteiger partial charge in [0.05, 0.1) is 16.2 Å². The summed E-state index contributed by atoms with van der Waals surface area (Å²) in [6.07, 6.45) is -3.16. The third-order valence-electron chi connectivity index (χ3n) is 5.29. The van der Waals surface area contributed by atoms with Gasteiger partial charge in [-0.05, 0) is 36.4 Å². The van der Waals surface area contributed by atoms with Crippen LogP contribution in [0.4, 0.5) is 28.9 Å². The zero-order valence-electron chi connectivity index (χ0n) is 17.0. The molecule has 33 heavy (non-hydrogen) atoms. The molecule has 8 nitrogen and oxygen atoms in total. The van der Waals surface area contributed by atoms with Gasteiger partial charge < -0.3 is 9.80 Å². The lowest BCUT2D eigenvalue weighted by Crippen LogP contribution is -2.49. The summed E-state index contributed by atoms with van der Waals surface area (Å²) >= 11 is 0. The third-order valence-corrected chi connectivity index (χ3v) is 5.29. The monoisotopic (exact) mass is 463 g/mol. The summed E-state index contributed by atoms with van der Waals surface area (Å²) in [6.45, 7) is 0.790. The minimum absolute atomic E-state index is 0.0653. The number of nitro benzene ring substituents is 1. The van der Waals surface area contributed by atoms with Crippen LogP contribution < -0.4 is 4.90 Å². The van der Waals surface area contributed by atoms with E-state index in [0.717, 1.165) is 12.1 Å². The van der Waals surface area contributed by atoms with Gasteiger partial charge in [-0.2, -0.15) is 18.3 Å². The Labute approximate surface area is 184 Å². The molecule has 0 saturated carbocycles. The summed E-state index contributed by atoms with van der Waals surface area (Å²) in [6, 6.07) is 9.63. The van der Waals surface area contributed by atoms with Crippen LogP contribution in [0.1, 0.15) is 16.1 Å². The van der Waals surface area contributed by atoms with Gasteiger partial charge in [0, 0.05) is 38.4 Å². The lowest BCUT2D eigenvalue weighted by atomic mass is 10.1. The molecule has 0 radical (unpaired) electrons. The van der Waals surface area contributed by atoms with E-state index in [0.29, 0.717) is 11.8 Å². The zero-order chi connectivity index (χ0) is 23.8. The number of hydrogen-bond donors (Lipinski definition) is 0. The van der Waals surface area contributed by atoms with Crippen LogP contribution in [-0.4, -0.2) is 51.7 Å². The summed E-state index contributed by atoms with van der Waals surface area (Å²) in [7, 11) is 0. The van der Waals surface area contributed by atoms with Gasteiger partial charge in [-0.25, -0.2) is 9.07 Å². The van der Waals surface area contributed by atoms with Crippen molar-refractivity contribution >= 4 is 17.3 Å². The first-order valence-electron chi connectivity index (χ1n) is 9.85. The molecule has 0 aliphatic carbocycles. The Kier molecular flexibility index (Phi) is 5.75. The van der Waals surface area contributed by atoms with Crippen LogP contribution in [0.2, 0.25) is 0 Å². The number of nitro groups is 1. The maximum atomic E-state index is 13.4. The second-order valence-electron chi connectivity index (χ2n) is 7.36. The van der Waals surface area contributed by atoms with Crippen molar-refractivity contribution in [2.75, 3.05) is 31.1 Å². The number of nitrogens with zero attached hydrogens (tertiary/aromatic N) is 5. The Hall–Kier alpha value is -3.96. The number of halogens is 4. The first kappa shape index (κ1) is 22.2. The lowest BCUT2D eigenvalue weighted by molar-refractivity contribution is -0.384. The molecule has 1 fully saturated rings. The number of carbonyl (C=O) groups is 1. The number of rotatable bonds is 4. The highest BCUT2D eigenvalue weighted by Crippen LogP contribution is 2.36. The van der Waals surface area contributed by atoms with Gasteiger partial charge in [0.25, 0.3) is 11.6 Å². The second-order valence-corrected chi connectivity index (χ2v) is 7.36. The molecule has 12 heteroatoms. The second kappa shape index (κ2) is 8.52. The van der Waals surface area contributed by atoms with Gasteiger partial charge in [-0.3, -0.25) is 14.9 Å². The minimum atomic E-state index is -4.69. The molecule has 1 saturated heterocycles. The Morgan fingerprint density at radius 3 is 2.39 bits per heavy atom. The highest BCUT2D eigenvalue weighted by molar-refractivity contribution is 5.92. The number of amides is 1. The topological polar surface area (TPSA) is 84.5 Å². The number of aromatic nitrogens is 2. The van der Waals surface area contributed by atoms with E-state index in [1.54, 1.807) is 11.0 Å². The minimum Gasteiger partial charge on any atom is -0.362 e. The maximum Gasteiger partial charge on any atom is 0.416 e. The number of piperazine rings is 1. The number of carbonyl (C=O) groups excluding carboxylic acids is 1. The molecule has 0 atom stereocenters. The normalized spacial score (nSPS) is 14.4. The summed E-state index contributed by atoms with van der Waals surface area (Å²) in [4.78, 5) is 26.4. The van der Waals surface area contributed by atoms with Gasteiger partial charge in [-0.15, -0.1) is 0 Å². The Morgan fingerprint density at radius 1 is 1.03 bits per heavy atom. The molecule has 2 aromatic carbocycles. The van der Waals surface area contributed by atoms with Crippen molar-refractivity contribution in [1.82, 2.24) is 14.7 Å². The Bertz CT molecular complexity index is 1200. The van der Waals surface area contributed by atoms with Crippen molar-refractivity contribution in [3.8, 4) is 5.69 Å². The highest BCUT2D eigenvalue weighted by atomic mass is 19.4. The number of hydrogen-bond acceptors (Lipinski definition) is 5. The first-order valence-corrected chi connectivity index (χ1v) is 9.85. The molecule has 4 rings (SSSR count).